The lowest BCUT2D eigenvalue weighted by atomic mass is 10.0. The lowest BCUT2D eigenvalue weighted by molar-refractivity contribution is 0.584. The minimum atomic E-state index is 0.263. The second-order valence-corrected chi connectivity index (χ2v) is 4.73. The molecule has 0 saturated heterocycles. The molecule has 0 heterocycles. The molecule has 1 aromatic carbocycles. The number of nitrogens with two attached hydrogens (primary N) is 1. The van der Waals surface area contributed by atoms with Gasteiger partial charge < -0.3 is 5.73 Å². The van der Waals surface area contributed by atoms with Gasteiger partial charge in [0.1, 0.15) is 0 Å². The van der Waals surface area contributed by atoms with Crippen LogP contribution in [0.15, 0.2) is 41.4 Å². The fourth-order valence-corrected chi connectivity index (χ4v) is 2.04. The standard InChI is InChI=1S/C13H18BrN/c1-2-3-4-8-13(15)10-11-6-5-7-12(14)9-11/h2,5-7,9,13H,1,3-4,8,10,15H2. The molecule has 2 N–H and O–H groups in total. The van der Waals surface area contributed by atoms with Crippen molar-refractivity contribution in [3.8, 4) is 0 Å². The molecule has 1 rings (SSSR count). The topological polar surface area (TPSA) is 26.0 Å². The molecule has 0 amide bonds. The highest BCUT2D eigenvalue weighted by Gasteiger charge is 2.03. The summed E-state index contributed by atoms with van der Waals surface area (Å²) in [5.74, 6) is 0. The molecular formula is C13H18BrN. The Kier molecular flexibility index (Phi) is 5.66. The third-order valence-electron chi connectivity index (χ3n) is 2.37. The van der Waals surface area contributed by atoms with E-state index in [2.05, 4.69) is 40.7 Å². The van der Waals surface area contributed by atoms with Crippen LogP contribution in [-0.4, -0.2) is 6.04 Å². The van der Waals surface area contributed by atoms with Crippen LogP contribution in [-0.2, 0) is 6.42 Å². The molecule has 2 heteroatoms. The van der Waals surface area contributed by atoms with Crippen LogP contribution in [0.25, 0.3) is 0 Å². The van der Waals surface area contributed by atoms with Crippen LogP contribution in [0, 0.1) is 0 Å². The average molecular weight is 268 g/mol. The van der Waals surface area contributed by atoms with Crippen molar-refractivity contribution in [2.24, 2.45) is 5.73 Å². The summed E-state index contributed by atoms with van der Waals surface area (Å²) in [7, 11) is 0. The van der Waals surface area contributed by atoms with Crippen molar-refractivity contribution >= 4 is 15.9 Å². The highest BCUT2D eigenvalue weighted by atomic mass is 79.9. The van der Waals surface area contributed by atoms with Crippen molar-refractivity contribution in [3.05, 3.63) is 47.0 Å². The first kappa shape index (κ1) is 12.5. The van der Waals surface area contributed by atoms with Crippen LogP contribution in [0.4, 0.5) is 0 Å². The molecule has 1 atom stereocenters. The number of rotatable bonds is 6. The zero-order valence-corrected chi connectivity index (χ0v) is 10.5. The highest BCUT2D eigenvalue weighted by Crippen LogP contribution is 2.14. The van der Waals surface area contributed by atoms with E-state index >= 15 is 0 Å². The highest BCUT2D eigenvalue weighted by molar-refractivity contribution is 9.10. The normalized spacial score (nSPS) is 12.4. The number of allylic oxidation sites excluding steroid dienone is 1. The molecule has 0 saturated carbocycles. The van der Waals surface area contributed by atoms with E-state index in [0.29, 0.717) is 0 Å². The molecule has 0 fully saturated rings. The molecule has 0 radical (unpaired) electrons. The summed E-state index contributed by atoms with van der Waals surface area (Å²) in [6.45, 7) is 3.71. The fraction of sp³-hybridized carbons (Fsp3) is 0.385. The first-order valence-corrected chi connectivity index (χ1v) is 6.12. The largest absolute Gasteiger partial charge is 0.327 e. The fourth-order valence-electron chi connectivity index (χ4n) is 1.59. The smallest absolute Gasteiger partial charge is 0.0178 e. The number of hydrogen-bond donors (Lipinski definition) is 1. The predicted octanol–water partition coefficient (Wildman–Crippen LogP) is 3.68. The minimum absolute atomic E-state index is 0.263. The zero-order valence-electron chi connectivity index (χ0n) is 8.95. The first-order chi connectivity index (χ1) is 7.22. The van der Waals surface area contributed by atoms with E-state index in [1.807, 2.05) is 12.1 Å². The number of unbranched alkanes of at least 4 members (excludes halogenated alkanes) is 1. The molecule has 1 unspecified atom stereocenters. The molecule has 82 valence electrons. The van der Waals surface area contributed by atoms with Gasteiger partial charge in [-0.1, -0.05) is 34.1 Å². The van der Waals surface area contributed by atoms with Gasteiger partial charge in [0.2, 0.25) is 0 Å². The van der Waals surface area contributed by atoms with Crippen molar-refractivity contribution in [2.75, 3.05) is 0 Å². The number of hydrogen-bond acceptors (Lipinski definition) is 1. The quantitative estimate of drug-likeness (QED) is 0.618. The van der Waals surface area contributed by atoms with Crippen LogP contribution in [0.3, 0.4) is 0 Å². The van der Waals surface area contributed by atoms with Crippen LogP contribution < -0.4 is 5.73 Å². The molecule has 1 nitrogen and oxygen atoms in total. The summed E-state index contributed by atoms with van der Waals surface area (Å²) in [5, 5.41) is 0. The monoisotopic (exact) mass is 267 g/mol. The van der Waals surface area contributed by atoms with Crippen LogP contribution in [0.2, 0.25) is 0 Å². The van der Waals surface area contributed by atoms with Gasteiger partial charge in [-0.3, -0.25) is 0 Å². The van der Waals surface area contributed by atoms with Gasteiger partial charge in [-0.25, -0.2) is 0 Å². The minimum Gasteiger partial charge on any atom is -0.327 e. The summed E-state index contributed by atoms with van der Waals surface area (Å²) in [5.41, 5.74) is 7.35. The van der Waals surface area contributed by atoms with Gasteiger partial charge in [0.25, 0.3) is 0 Å². The van der Waals surface area contributed by atoms with Crippen LogP contribution in [0.5, 0.6) is 0 Å². The second kappa shape index (κ2) is 6.81. The van der Waals surface area contributed by atoms with Crippen molar-refractivity contribution < 1.29 is 0 Å². The Morgan fingerprint density at radius 2 is 2.27 bits per heavy atom. The van der Waals surface area contributed by atoms with E-state index in [-0.39, 0.29) is 6.04 Å². The van der Waals surface area contributed by atoms with Gasteiger partial charge >= 0.3 is 0 Å². The molecule has 1 aromatic rings. The maximum Gasteiger partial charge on any atom is 0.0178 e. The van der Waals surface area contributed by atoms with Crippen LogP contribution in [0.1, 0.15) is 24.8 Å². The molecule has 0 bridgehead atoms. The zero-order chi connectivity index (χ0) is 11.1. The summed E-state index contributed by atoms with van der Waals surface area (Å²) in [6.07, 6.45) is 6.17. The Bertz CT molecular complexity index is 309. The van der Waals surface area contributed by atoms with Gasteiger partial charge in [-0.05, 0) is 43.4 Å². The van der Waals surface area contributed by atoms with E-state index in [4.69, 9.17) is 5.73 Å². The Hall–Kier alpha value is -0.600. The van der Waals surface area contributed by atoms with Gasteiger partial charge in [0.05, 0.1) is 0 Å². The molecule has 0 spiro atoms. The van der Waals surface area contributed by atoms with Crippen molar-refractivity contribution in [2.45, 2.75) is 31.7 Å². The Labute approximate surface area is 101 Å². The van der Waals surface area contributed by atoms with Gasteiger partial charge in [0.15, 0.2) is 0 Å². The van der Waals surface area contributed by atoms with E-state index < -0.39 is 0 Å². The van der Waals surface area contributed by atoms with Crippen molar-refractivity contribution in [3.63, 3.8) is 0 Å². The molecular weight excluding hydrogens is 250 g/mol. The molecule has 0 aromatic heterocycles. The van der Waals surface area contributed by atoms with Gasteiger partial charge in [0, 0.05) is 10.5 Å². The SMILES string of the molecule is C=CCCCC(N)Cc1cccc(Br)c1. The maximum absolute atomic E-state index is 6.05. The van der Waals surface area contributed by atoms with E-state index in [1.54, 1.807) is 0 Å². The average Bonchev–Trinajstić information content (AvgIpc) is 2.18. The van der Waals surface area contributed by atoms with E-state index in [9.17, 15) is 0 Å². The van der Waals surface area contributed by atoms with Crippen LogP contribution >= 0.6 is 15.9 Å². The Morgan fingerprint density at radius 3 is 2.93 bits per heavy atom. The van der Waals surface area contributed by atoms with E-state index in [1.165, 1.54) is 5.56 Å². The maximum atomic E-state index is 6.05. The summed E-state index contributed by atoms with van der Waals surface area (Å²) in [4.78, 5) is 0. The third-order valence-corrected chi connectivity index (χ3v) is 2.86. The first-order valence-electron chi connectivity index (χ1n) is 5.33. The van der Waals surface area contributed by atoms with Gasteiger partial charge in [-0.15, -0.1) is 6.58 Å². The third kappa shape index (κ3) is 5.14. The summed E-state index contributed by atoms with van der Waals surface area (Å²) < 4.78 is 1.12. The number of halogens is 1. The summed E-state index contributed by atoms with van der Waals surface area (Å²) >= 11 is 3.46. The molecule has 0 aliphatic rings. The molecule has 0 aliphatic carbocycles. The van der Waals surface area contributed by atoms with Crippen molar-refractivity contribution in [1.82, 2.24) is 0 Å². The Balaban J connectivity index is 2.37. The molecule has 15 heavy (non-hydrogen) atoms. The number of benzene rings is 1. The second-order valence-electron chi connectivity index (χ2n) is 3.81. The molecule has 0 aliphatic heterocycles. The van der Waals surface area contributed by atoms with Gasteiger partial charge in [-0.2, -0.15) is 0 Å². The lowest BCUT2D eigenvalue weighted by Crippen LogP contribution is -2.22. The lowest BCUT2D eigenvalue weighted by Gasteiger charge is -2.10. The predicted molar refractivity (Wildman–Crippen MR) is 69.9 cm³/mol. The van der Waals surface area contributed by atoms with Crippen molar-refractivity contribution in [1.29, 1.82) is 0 Å². The Morgan fingerprint density at radius 1 is 1.47 bits per heavy atom. The summed E-state index contributed by atoms with van der Waals surface area (Å²) in [6, 6.07) is 8.60. The van der Waals surface area contributed by atoms with E-state index in [0.717, 1.165) is 30.2 Å².